The topological polar surface area (TPSA) is 58.0 Å². The number of nitrogens with zero attached hydrogens (tertiary/aromatic N) is 2. The summed E-state index contributed by atoms with van der Waals surface area (Å²) in [5, 5.41) is 4.08. The first-order chi connectivity index (χ1) is 13.9. The number of methoxy groups -OCH3 is 1. The smallest absolute Gasteiger partial charge is 0.317 e. The van der Waals surface area contributed by atoms with E-state index in [-0.39, 0.29) is 18.1 Å². The van der Waals surface area contributed by atoms with E-state index in [1.807, 2.05) is 75.6 Å². The average molecular weight is 396 g/mol. The molecule has 2 unspecified atom stereocenters. The summed E-state index contributed by atoms with van der Waals surface area (Å²) < 4.78 is 11.4. The Bertz CT molecular complexity index is 934. The Morgan fingerprint density at radius 1 is 1.10 bits per heavy atom. The molecule has 0 saturated carbocycles. The Balaban J connectivity index is 1.69. The van der Waals surface area contributed by atoms with Crippen LogP contribution < -0.4 is 10.1 Å². The van der Waals surface area contributed by atoms with E-state index in [1.165, 1.54) is 0 Å². The van der Waals surface area contributed by atoms with E-state index >= 15 is 0 Å². The van der Waals surface area contributed by atoms with Gasteiger partial charge in [-0.05, 0) is 39.2 Å². The van der Waals surface area contributed by atoms with Gasteiger partial charge in [0.05, 0.1) is 19.2 Å². The van der Waals surface area contributed by atoms with Crippen molar-refractivity contribution >= 4 is 17.0 Å². The van der Waals surface area contributed by atoms with E-state index < -0.39 is 0 Å². The van der Waals surface area contributed by atoms with Crippen molar-refractivity contribution in [2.24, 2.45) is 0 Å². The van der Waals surface area contributed by atoms with Gasteiger partial charge in [0.15, 0.2) is 0 Å². The minimum Gasteiger partial charge on any atom is -0.496 e. The van der Waals surface area contributed by atoms with Crippen molar-refractivity contribution in [3.63, 3.8) is 0 Å². The number of para-hydroxylation sites is 2. The lowest BCUT2D eigenvalue weighted by Gasteiger charge is -2.29. The van der Waals surface area contributed by atoms with Gasteiger partial charge in [0, 0.05) is 24.5 Å². The van der Waals surface area contributed by atoms with Crippen LogP contribution in [0.25, 0.3) is 11.0 Å². The van der Waals surface area contributed by atoms with Gasteiger partial charge < -0.3 is 24.3 Å². The number of fused-ring (bicyclic) bond motifs is 1. The lowest BCUT2D eigenvalue weighted by Crippen LogP contribution is -2.42. The SMILES string of the molecule is COc1ccccc1C(CNC(=O)N(C)C(C)c1cc2ccccc2o1)N(C)C. The molecule has 0 fully saturated rings. The molecular weight excluding hydrogens is 366 g/mol. The Morgan fingerprint density at radius 2 is 1.79 bits per heavy atom. The van der Waals surface area contributed by atoms with E-state index in [0.29, 0.717) is 6.54 Å². The molecular formula is C23H29N3O3. The van der Waals surface area contributed by atoms with Gasteiger partial charge in [0.25, 0.3) is 0 Å². The van der Waals surface area contributed by atoms with Crippen LogP contribution in [0.1, 0.15) is 30.3 Å². The molecule has 6 nitrogen and oxygen atoms in total. The second-order valence-corrected chi connectivity index (χ2v) is 7.38. The van der Waals surface area contributed by atoms with E-state index in [1.54, 1.807) is 19.1 Å². The summed E-state index contributed by atoms with van der Waals surface area (Å²) in [6.45, 7) is 2.42. The molecule has 2 aromatic carbocycles. The Labute approximate surface area is 172 Å². The van der Waals surface area contributed by atoms with Crippen LogP contribution in [0, 0.1) is 0 Å². The predicted octanol–water partition coefficient (Wildman–Crippen LogP) is 4.45. The van der Waals surface area contributed by atoms with Gasteiger partial charge in [-0.15, -0.1) is 0 Å². The summed E-state index contributed by atoms with van der Waals surface area (Å²) in [5.74, 6) is 1.57. The number of ether oxygens (including phenoxy) is 1. The third-order valence-corrected chi connectivity index (χ3v) is 5.33. The predicted molar refractivity (Wildman–Crippen MR) is 115 cm³/mol. The maximum atomic E-state index is 12.8. The summed E-state index contributed by atoms with van der Waals surface area (Å²) in [5.41, 5.74) is 1.86. The standard InChI is InChI=1S/C23H29N3O3/c1-16(22-14-17-10-6-8-12-20(17)29-22)26(4)23(27)24-15-19(25(2)3)18-11-7-9-13-21(18)28-5/h6-14,16,19H,15H2,1-5H3,(H,24,27). The maximum Gasteiger partial charge on any atom is 0.317 e. The number of urea groups is 1. The molecule has 1 heterocycles. The molecule has 1 aromatic heterocycles. The fraction of sp³-hybridized carbons (Fsp3) is 0.348. The summed E-state index contributed by atoms with van der Waals surface area (Å²) >= 11 is 0. The van der Waals surface area contributed by atoms with Gasteiger partial charge in [-0.2, -0.15) is 0 Å². The largest absolute Gasteiger partial charge is 0.496 e. The highest BCUT2D eigenvalue weighted by Gasteiger charge is 2.23. The van der Waals surface area contributed by atoms with Crippen LogP contribution in [0.15, 0.2) is 59.0 Å². The van der Waals surface area contributed by atoms with E-state index in [4.69, 9.17) is 9.15 Å². The quantitative estimate of drug-likeness (QED) is 0.642. The number of hydrogen-bond acceptors (Lipinski definition) is 4. The zero-order valence-electron chi connectivity index (χ0n) is 17.7. The molecule has 29 heavy (non-hydrogen) atoms. The lowest BCUT2D eigenvalue weighted by atomic mass is 10.0. The Hall–Kier alpha value is -2.99. The zero-order chi connectivity index (χ0) is 21.0. The van der Waals surface area contributed by atoms with Gasteiger partial charge in [0.1, 0.15) is 17.1 Å². The van der Waals surface area contributed by atoms with E-state index in [9.17, 15) is 4.79 Å². The van der Waals surface area contributed by atoms with Crippen molar-refractivity contribution in [2.45, 2.75) is 19.0 Å². The molecule has 3 rings (SSSR count). The lowest BCUT2D eigenvalue weighted by molar-refractivity contribution is 0.183. The summed E-state index contributed by atoms with van der Waals surface area (Å²) in [6, 6.07) is 17.4. The number of carbonyl (C=O) groups is 1. The number of rotatable bonds is 7. The van der Waals surface area contributed by atoms with Crippen molar-refractivity contribution in [1.82, 2.24) is 15.1 Å². The molecule has 2 amide bonds. The molecule has 0 spiro atoms. The first kappa shape index (κ1) is 20.7. The molecule has 1 N–H and O–H groups in total. The fourth-order valence-corrected chi connectivity index (χ4v) is 3.40. The van der Waals surface area contributed by atoms with Crippen LogP contribution in [0.3, 0.4) is 0 Å². The highest BCUT2D eigenvalue weighted by atomic mass is 16.5. The van der Waals surface area contributed by atoms with Crippen molar-refractivity contribution in [1.29, 1.82) is 0 Å². The number of likely N-dealkylation sites (N-methyl/N-ethyl adjacent to an activating group) is 1. The molecule has 0 radical (unpaired) electrons. The van der Waals surface area contributed by atoms with E-state index in [2.05, 4.69) is 10.2 Å². The van der Waals surface area contributed by atoms with Gasteiger partial charge in [-0.3, -0.25) is 0 Å². The van der Waals surface area contributed by atoms with Gasteiger partial charge >= 0.3 is 6.03 Å². The van der Waals surface area contributed by atoms with E-state index in [0.717, 1.165) is 28.0 Å². The molecule has 0 bridgehead atoms. The molecule has 0 saturated heterocycles. The number of hydrogen-bond donors (Lipinski definition) is 1. The summed E-state index contributed by atoms with van der Waals surface area (Å²) in [6.07, 6.45) is 0. The van der Waals surface area contributed by atoms with Crippen LogP contribution in [0.4, 0.5) is 4.79 Å². The third kappa shape index (κ3) is 4.54. The van der Waals surface area contributed by atoms with Gasteiger partial charge in [0.2, 0.25) is 0 Å². The van der Waals surface area contributed by atoms with Gasteiger partial charge in [-0.1, -0.05) is 36.4 Å². The fourth-order valence-electron chi connectivity index (χ4n) is 3.40. The number of carbonyl (C=O) groups excluding carboxylic acids is 1. The highest BCUT2D eigenvalue weighted by molar-refractivity contribution is 5.78. The Morgan fingerprint density at radius 3 is 2.48 bits per heavy atom. The zero-order valence-corrected chi connectivity index (χ0v) is 17.7. The monoisotopic (exact) mass is 395 g/mol. The Kier molecular flexibility index (Phi) is 6.44. The third-order valence-electron chi connectivity index (χ3n) is 5.33. The normalized spacial score (nSPS) is 13.3. The minimum absolute atomic E-state index is 0.00925. The second-order valence-electron chi connectivity index (χ2n) is 7.38. The van der Waals surface area contributed by atoms with Crippen LogP contribution in [-0.4, -0.2) is 50.6 Å². The summed E-state index contributed by atoms with van der Waals surface area (Å²) in [7, 11) is 7.42. The molecule has 0 aliphatic heterocycles. The number of amides is 2. The number of furan rings is 1. The van der Waals surface area contributed by atoms with Gasteiger partial charge in [-0.25, -0.2) is 4.79 Å². The second kappa shape index (κ2) is 9.01. The molecule has 0 aliphatic carbocycles. The molecule has 0 aliphatic rings. The number of benzene rings is 2. The van der Waals surface area contributed by atoms with Crippen molar-refractivity contribution in [3.05, 3.63) is 65.9 Å². The van der Waals surface area contributed by atoms with Crippen molar-refractivity contribution in [3.8, 4) is 5.75 Å². The first-order valence-corrected chi connectivity index (χ1v) is 9.70. The van der Waals surface area contributed by atoms with Crippen LogP contribution in [-0.2, 0) is 0 Å². The van der Waals surface area contributed by atoms with Crippen molar-refractivity contribution < 1.29 is 13.9 Å². The molecule has 2 atom stereocenters. The molecule has 6 heteroatoms. The average Bonchev–Trinajstić information content (AvgIpc) is 3.17. The number of nitrogens with one attached hydrogen (secondary N) is 1. The van der Waals surface area contributed by atoms with Crippen LogP contribution in [0.5, 0.6) is 5.75 Å². The highest BCUT2D eigenvalue weighted by Crippen LogP contribution is 2.28. The van der Waals surface area contributed by atoms with Crippen LogP contribution >= 0.6 is 0 Å². The van der Waals surface area contributed by atoms with Crippen LogP contribution in [0.2, 0.25) is 0 Å². The van der Waals surface area contributed by atoms with Crippen molar-refractivity contribution in [2.75, 3.05) is 34.8 Å². The summed E-state index contributed by atoms with van der Waals surface area (Å²) in [4.78, 5) is 16.5. The molecule has 3 aromatic rings. The maximum absolute atomic E-state index is 12.8. The first-order valence-electron chi connectivity index (χ1n) is 9.70. The molecule has 154 valence electrons. The minimum atomic E-state index is -0.188.